The largest absolute Gasteiger partial charge is 0.490 e. The van der Waals surface area contributed by atoms with Gasteiger partial charge < -0.3 is 14.2 Å². The van der Waals surface area contributed by atoms with Crippen LogP contribution in [0.3, 0.4) is 0 Å². The van der Waals surface area contributed by atoms with Crippen LogP contribution < -0.4 is 9.47 Å². The first-order chi connectivity index (χ1) is 16.3. The molecule has 0 amide bonds. The predicted octanol–water partition coefficient (Wildman–Crippen LogP) is 7.28. The quantitative estimate of drug-likeness (QED) is 0.148. The Bertz CT molecular complexity index is 1310. The molecule has 3 aromatic carbocycles. The fourth-order valence-electron chi connectivity index (χ4n) is 3.13. The zero-order chi connectivity index (χ0) is 24.2. The Balaban J connectivity index is 1.61. The second kappa shape index (κ2) is 11.0. The average molecular weight is 701 g/mol. The molecule has 4 rings (SSSR count). The number of benzene rings is 3. The SMILES string of the molecule is CCOc1cc(/C=C2\N=C(c3ccc(I)c(Br)c3)OC2=O)cc(Br)c1OCc1ccc(F)cc1. The zero-order valence-electron chi connectivity index (χ0n) is 17.8. The van der Waals surface area contributed by atoms with Crippen LogP contribution in [0.25, 0.3) is 6.08 Å². The van der Waals surface area contributed by atoms with Crippen LogP contribution in [-0.4, -0.2) is 18.5 Å². The summed E-state index contributed by atoms with van der Waals surface area (Å²) in [4.78, 5) is 16.8. The minimum atomic E-state index is -0.532. The standard InChI is InChI=1S/C25H17Br2FINO4/c1-2-32-22-11-15(9-19(27)23(22)33-13-14-3-6-17(28)7-4-14)10-21-25(31)34-24(30-21)16-5-8-20(29)18(26)12-16/h3-12H,2,13H2,1H3/b21-10-. The fraction of sp³-hybridized carbons (Fsp3) is 0.120. The summed E-state index contributed by atoms with van der Waals surface area (Å²) in [5.74, 6) is 0.425. The van der Waals surface area contributed by atoms with Gasteiger partial charge in [-0.3, -0.25) is 0 Å². The van der Waals surface area contributed by atoms with Gasteiger partial charge in [0.15, 0.2) is 17.2 Å². The number of carbonyl (C=O) groups is 1. The molecule has 3 aromatic rings. The molecule has 9 heteroatoms. The summed E-state index contributed by atoms with van der Waals surface area (Å²) >= 11 is 9.21. The van der Waals surface area contributed by atoms with Crippen LogP contribution >= 0.6 is 54.5 Å². The highest BCUT2D eigenvalue weighted by molar-refractivity contribution is 14.1. The van der Waals surface area contributed by atoms with Gasteiger partial charge in [0, 0.05) is 13.6 Å². The Morgan fingerprint density at radius 2 is 1.82 bits per heavy atom. The summed E-state index contributed by atoms with van der Waals surface area (Å²) in [6.07, 6.45) is 1.63. The minimum Gasteiger partial charge on any atom is -0.490 e. The van der Waals surface area contributed by atoms with E-state index in [0.717, 1.165) is 13.6 Å². The third-order valence-corrected chi connectivity index (χ3v) is 7.65. The first kappa shape index (κ1) is 24.9. The number of rotatable bonds is 7. The third-order valence-electron chi connectivity index (χ3n) is 4.72. The van der Waals surface area contributed by atoms with Crippen LogP contribution in [0, 0.1) is 9.39 Å². The van der Waals surface area contributed by atoms with E-state index in [9.17, 15) is 9.18 Å². The van der Waals surface area contributed by atoms with Crippen LogP contribution in [0.15, 0.2) is 74.2 Å². The second-order valence-electron chi connectivity index (χ2n) is 7.14. The van der Waals surface area contributed by atoms with E-state index in [1.54, 1.807) is 30.3 Å². The first-order valence-electron chi connectivity index (χ1n) is 10.2. The maximum atomic E-state index is 13.2. The van der Waals surface area contributed by atoms with E-state index in [2.05, 4.69) is 59.4 Å². The molecule has 0 atom stereocenters. The summed E-state index contributed by atoms with van der Waals surface area (Å²) in [6.45, 7) is 2.53. The Hall–Kier alpha value is -2.24. The molecule has 0 radical (unpaired) electrons. The molecular weight excluding hydrogens is 684 g/mol. The third kappa shape index (κ3) is 5.87. The molecule has 1 heterocycles. The monoisotopic (exact) mass is 699 g/mol. The molecule has 0 bridgehead atoms. The Morgan fingerprint density at radius 1 is 1.06 bits per heavy atom. The summed E-state index contributed by atoms with van der Waals surface area (Å²) in [6, 6.07) is 15.3. The molecule has 0 aromatic heterocycles. The van der Waals surface area contributed by atoms with Crippen LogP contribution in [0.2, 0.25) is 0 Å². The molecule has 1 aliphatic rings. The van der Waals surface area contributed by atoms with E-state index in [4.69, 9.17) is 14.2 Å². The molecular formula is C25H17Br2FINO4. The molecule has 0 fully saturated rings. The van der Waals surface area contributed by atoms with Gasteiger partial charge in [0.1, 0.15) is 12.4 Å². The maximum Gasteiger partial charge on any atom is 0.363 e. The van der Waals surface area contributed by atoms with E-state index in [-0.39, 0.29) is 24.0 Å². The Morgan fingerprint density at radius 3 is 2.53 bits per heavy atom. The molecule has 0 aliphatic carbocycles. The van der Waals surface area contributed by atoms with Crippen LogP contribution in [-0.2, 0) is 16.1 Å². The van der Waals surface area contributed by atoms with E-state index in [1.807, 2.05) is 25.1 Å². The molecule has 0 saturated heterocycles. The van der Waals surface area contributed by atoms with Gasteiger partial charge in [-0.25, -0.2) is 14.2 Å². The summed E-state index contributed by atoms with van der Waals surface area (Å²) in [5, 5.41) is 0. The van der Waals surface area contributed by atoms with E-state index in [1.165, 1.54) is 12.1 Å². The van der Waals surface area contributed by atoms with Crippen molar-refractivity contribution in [3.63, 3.8) is 0 Å². The van der Waals surface area contributed by atoms with Gasteiger partial charge in [0.2, 0.25) is 5.90 Å². The number of carbonyl (C=O) groups excluding carboxylic acids is 1. The van der Waals surface area contributed by atoms with Gasteiger partial charge in [-0.15, -0.1) is 0 Å². The van der Waals surface area contributed by atoms with E-state index in [0.29, 0.717) is 33.7 Å². The van der Waals surface area contributed by atoms with Gasteiger partial charge in [0.05, 0.1) is 11.1 Å². The number of aliphatic imine (C=N–C) groups is 1. The van der Waals surface area contributed by atoms with Crippen molar-refractivity contribution in [1.29, 1.82) is 0 Å². The molecule has 0 spiro atoms. The number of esters is 1. The van der Waals surface area contributed by atoms with E-state index < -0.39 is 5.97 Å². The van der Waals surface area contributed by atoms with Crippen molar-refractivity contribution in [2.24, 2.45) is 4.99 Å². The highest BCUT2D eigenvalue weighted by atomic mass is 127. The minimum absolute atomic E-state index is 0.180. The van der Waals surface area contributed by atoms with E-state index >= 15 is 0 Å². The van der Waals surface area contributed by atoms with Crippen molar-refractivity contribution >= 4 is 72.4 Å². The number of hydrogen-bond donors (Lipinski definition) is 0. The number of halogens is 4. The first-order valence-corrected chi connectivity index (χ1v) is 12.8. The van der Waals surface area contributed by atoms with Crippen molar-refractivity contribution < 1.29 is 23.4 Å². The highest BCUT2D eigenvalue weighted by Crippen LogP contribution is 2.38. The van der Waals surface area contributed by atoms with Crippen molar-refractivity contribution in [3.05, 3.63) is 95.3 Å². The lowest BCUT2D eigenvalue weighted by molar-refractivity contribution is -0.129. The van der Waals surface area contributed by atoms with Crippen LogP contribution in [0.4, 0.5) is 4.39 Å². The fourth-order valence-corrected chi connectivity index (χ4v) is 4.42. The number of hydrogen-bond acceptors (Lipinski definition) is 5. The smallest absolute Gasteiger partial charge is 0.363 e. The molecule has 174 valence electrons. The zero-order valence-corrected chi connectivity index (χ0v) is 23.1. The molecule has 0 unspecified atom stereocenters. The van der Waals surface area contributed by atoms with Gasteiger partial charge in [-0.2, -0.15) is 0 Å². The van der Waals surface area contributed by atoms with Crippen molar-refractivity contribution in [2.75, 3.05) is 6.61 Å². The van der Waals surface area contributed by atoms with Gasteiger partial charge >= 0.3 is 5.97 Å². The molecule has 0 N–H and O–H groups in total. The molecule has 34 heavy (non-hydrogen) atoms. The number of cyclic esters (lactones) is 1. The number of nitrogens with zero attached hydrogens (tertiary/aromatic N) is 1. The predicted molar refractivity (Wildman–Crippen MR) is 144 cm³/mol. The maximum absolute atomic E-state index is 13.2. The van der Waals surface area contributed by atoms with Gasteiger partial charge in [-0.1, -0.05) is 12.1 Å². The topological polar surface area (TPSA) is 57.1 Å². The summed E-state index contributed by atoms with van der Waals surface area (Å²) < 4.78 is 32.8. The normalized spacial score (nSPS) is 14.2. The van der Waals surface area contributed by atoms with Crippen molar-refractivity contribution in [3.8, 4) is 11.5 Å². The van der Waals surface area contributed by atoms with Gasteiger partial charge in [0.25, 0.3) is 0 Å². The van der Waals surface area contributed by atoms with Crippen molar-refractivity contribution in [2.45, 2.75) is 13.5 Å². The average Bonchev–Trinajstić information content (AvgIpc) is 3.16. The molecule has 1 aliphatic heterocycles. The van der Waals surface area contributed by atoms with Crippen LogP contribution in [0.1, 0.15) is 23.6 Å². The van der Waals surface area contributed by atoms with Gasteiger partial charge in [-0.05, 0) is 121 Å². The Kier molecular flexibility index (Phi) is 8.05. The lowest BCUT2D eigenvalue weighted by Crippen LogP contribution is -2.05. The Labute approximate surface area is 226 Å². The highest BCUT2D eigenvalue weighted by Gasteiger charge is 2.25. The van der Waals surface area contributed by atoms with Crippen molar-refractivity contribution in [1.82, 2.24) is 0 Å². The second-order valence-corrected chi connectivity index (χ2v) is 10.0. The molecule has 5 nitrogen and oxygen atoms in total. The lowest BCUT2D eigenvalue weighted by Gasteiger charge is -2.15. The number of ether oxygens (including phenoxy) is 3. The summed E-state index contributed by atoms with van der Waals surface area (Å²) in [5.41, 5.74) is 2.38. The summed E-state index contributed by atoms with van der Waals surface area (Å²) in [7, 11) is 0. The van der Waals surface area contributed by atoms with Crippen LogP contribution in [0.5, 0.6) is 11.5 Å². The lowest BCUT2D eigenvalue weighted by atomic mass is 10.1. The molecule has 0 saturated carbocycles.